The molecule has 0 bridgehead atoms. The standard InChI is InChI=1S/C61H100O5/c1-4-7-10-13-16-19-22-25-27-29-30-31-33-35-38-41-44-47-50-53-56-64-57-59(66-61(63)55-52-49-46-43-40-36-24-21-18-15-12-9-6-3)58-65-60(62)54-51-48-45-42-39-37-34-32-28-26-23-20-17-14-11-8-5-2/h7,9-10,12,16,18-19,21,25-28,30-31,35-36,38,40,44,47,59H,4-6,8,11,13-15,17,20,22-24,29,32-34,37,39,41-43,45-46,48-58H2,1-3H3/b10-7-,12-9-,19-16-,21-18-,27-25-,28-26-,31-30-,38-35-,40-36-,47-44-. The molecule has 0 aromatic heterocycles. The molecule has 0 heterocycles. The Bertz CT molecular complexity index is 1350. The Labute approximate surface area is 407 Å². The summed E-state index contributed by atoms with van der Waals surface area (Å²) in [4.78, 5) is 25.4. The first-order valence-corrected chi connectivity index (χ1v) is 27.1. The van der Waals surface area contributed by atoms with Crippen molar-refractivity contribution in [1.29, 1.82) is 0 Å². The first-order valence-electron chi connectivity index (χ1n) is 27.1. The van der Waals surface area contributed by atoms with Gasteiger partial charge in [0.2, 0.25) is 0 Å². The van der Waals surface area contributed by atoms with Crippen molar-refractivity contribution in [1.82, 2.24) is 0 Å². The summed E-state index contributed by atoms with van der Waals surface area (Å²) in [5.74, 6) is -0.474. The second-order valence-corrected chi connectivity index (χ2v) is 17.4. The lowest BCUT2D eigenvalue weighted by Crippen LogP contribution is -2.30. The van der Waals surface area contributed by atoms with Crippen LogP contribution in [-0.2, 0) is 23.8 Å². The van der Waals surface area contributed by atoms with E-state index in [9.17, 15) is 9.59 Å². The number of unbranched alkanes of at least 4 members (excludes halogenated alkanes) is 17. The molecule has 0 aliphatic heterocycles. The molecule has 0 N–H and O–H groups in total. The third-order valence-electron chi connectivity index (χ3n) is 11.0. The van der Waals surface area contributed by atoms with E-state index in [0.29, 0.717) is 19.4 Å². The van der Waals surface area contributed by atoms with E-state index in [1.807, 2.05) is 0 Å². The number of allylic oxidation sites excluding steroid dienone is 20. The van der Waals surface area contributed by atoms with Crippen molar-refractivity contribution in [3.8, 4) is 0 Å². The van der Waals surface area contributed by atoms with E-state index in [1.54, 1.807) is 0 Å². The maximum absolute atomic E-state index is 12.8. The summed E-state index contributed by atoms with van der Waals surface area (Å²) in [6.45, 7) is 7.41. The first-order chi connectivity index (χ1) is 32.6. The molecule has 0 spiro atoms. The van der Waals surface area contributed by atoms with Crippen LogP contribution >= 0.6 is 0 Å². The molecule has 5 heteroatoms. The Morgan fingerprint density at radius 3 is 1.12 bits per heavy atom. The number of hydrogen-bond acceptors (Lipinski definition) is 5. The molecule has 1 atom stereocenters. The zero-order chi connectivity index (χ0) is 47.7. The van der Waals surface area contributed by atoms with Crippen LogP contribution in [0.5, 0.6) is 0 Å². The van der Waals surface area contributed by atoms with Gasteiger partial charge in [0, 0.05) is 19.4 Å². The molecule has 0 fully saturated rings. The summed E-state index contributed by atoms with van der Waals surface area (Å²) in [5.41, 5.74) is 0. The highest BCUT2D eigenvalue weighted by atomic mass is 16.6. The van der Waals surface area contributed by atoms with Crippen LogP contribution < -0.4 is 0 Å². The van der Waals surface area contributed by atoms with Gasteiger partial charge in [-0.3, -0.25) is 9.59 Å². The molecule has 0 amide bonds. The Morgan fingerprint density at radius 1 is 0.348 bits per heavy atom. The van der Waals surface area contributed by atoms with E-state index in [4.69, 9.17) is 14.2 Å². The summed E-state index contributed by atoms with van der Waals surface area (Å²) in [5, 5.41) is 0. The lowest BCUT2D eigenvalue weighted by Gasteiger charge is -2.18. The maximum atomic E-state index is 12.8. The number of carbonyl (C=O) groups excluding carboxylic acids is 2. The Morgan fingerprint density at radius 2 is 0.682 bits per heavy atom. The molecule has 0 saturated heterocycles. The highest BCUT2D eigenvalue weighted by Crippen LogP contribution is 2.13. The number of esters is 2. The van der Waals surface area contributed by atoms with Crippen molar-refractivity contribution in [3.63, 3.8) is 0 Å². The lowest BCUT2D eigenvalue weighted by atomic mass is 10.1. The van der Waals surface area contributed by atoms with Crippen molar-refractivity contribution in [2.45, 2.75) is 232 Å². The van der Waals surface area contributed by atoms with Gasteiger partial charge in [-0.25, -0.2) is 0 Å². The summed E-state index contributed by atoms with van der Waals surface area (Å²) >= 11 is 0. The van der Waals surface area contributed by atoms with Crippen LogP contribution in [-0.4, -0.2) is 37.9 Å². The van der Waals surface area contributed by atoms with E-state index >= 15 is 0 Å². The van der Waals surface area contributed by atoms with Crippen LogP contribution in [0.1, 0.15) is 226 Å². The second-order valence-electron chi connectivity index (χ2n) is 17.4. The largest absolute Gasteiger partial charge is 0.462 e. The highest BCUT2D eigenvalue weighted by Gasteiger charge is 2.17. The van der Waals surface area contributed by atoms with Gasteiger partial charge in [0.25, 0.3) is 0 Å². The van der Waals surface area contributed by atoms with Gasteiger partial charge >= 0.3 is 11.9 Å². The number of hydrogen-bond donors (Lipinski definition) is 0. The van der Waals surface area contributed by atoms with E-state index in [0.717, 1.165) is 116 Å². The van der Waals surface area contributed by atoms with Gasteiger partial charge in [0.05, 0.1) is 6.61 Å². The normalized spacial score (nSPS) is 13.2. The molecule has 374 valence electrons. The molecule has 0 radical (unpaired) electrons. The zero-order valence-corrected chi connectivity index (χ0v) is 42.9. The fourth-order valence-corrected chi connectivity index (χ4v) is 7.01. The zero-order valence-electron chi connectivity index (χ0n) is 42.9. The average Bonchev–Trinajstić information content (AvgIpc) is 3.32. The van der Waals surface area contributed by atoms with Gasteiger partial charge in [0.15, 0.2) is 6.10 Å². The molecule has 5 nitrogen and oxygen atoms in total. The minimum Gasteiger partial charge on any atom is -0.462 e. The van der Waals surface area contributed by atoms with Crippen molar-refractivity contribution in [3.05, 3.63) is 122 Å². The van der Waals surface area contributed by atoms with Crippen LogP contribution in [0.4, 0.5) is 0 Å². The van der Waals surface area contributed by atoms with Crippen LogP contribution in [0.15, 0.2) is 122 Å². The quantitative estimate of drug-likeness (QED) is 0.0346. The van der Waals surface area contributed by atoms with E-state index < -0.39 is 6.10 Å². The molecule has 0 rings (SSSR count). The molecule has 0 aromatic carbocycles. The summed E-state index contributed by atoms with van der Waals surface area (Å²) in [6.07, 6.45) is 78.0. The van der Waals surface area contributed by atoms with Gasteiger partial charge < -0.3 is 14.2 Å². The molecule has 0 aromatic rings. The SMILES string of the molecule is CC/C=C\C/C=C\C/C=C\C/C=C\C/C=C\C/C=C\CCCOCC(COC(=O)CCCCCCCCC/C=C\CCCCCCCC)OC(=O)CCCCC/C=C\C/C=C\C/C=C\CC. The van der Waals surface area contributed by atoms with E-state index in [2.05, 4.69) is 142 Å². The minimum atomic E-state index is -0.592. The Kier molecular flexibility index (Phi) is 52.5. The maximum Gasteiger partial charge on any atom is 0.306 e. The summed E-state index contributed by atoms with van der Waals surface area (Å²) in [6, 6.07) is 0. The molecule has 1 unspecified atom stereocenters. The topological polar surface area (TPSA) is 61.8 Å². The molecule has 0 saturated carbocycles. The average molecular weight is 913 g/mol. The minimum absolute atomic E-state index is 0.0409. The van der Waals surface area contributed by atoms with Crippen LogP contribution in [0.3, 0.4) is 0 Å². The van der Waals surface area contributed by atoms with Crippen molar-refractivity contribution in [2.24, 2.45) is 0 Å². The lowest BCUT2D eigenvalue weighted by molar-refractivity contribution is -0.163. The number of ether oxygens (including phenoxy) is 3. The third kappa shape index (κ3) is 52.9. The van der Waals surface area contributed by atoms with E-state index in [-0.39, 0.29) is 25.2 Å². The fourth-order valence-electron chi connectivity index (χ4n) is 7.01. The molecule has 0 aliphatic rings. The summed E-state index contributed by atoms with van der Waals surface area (Å²) in [7, 11) is 0. The van der Waals surface area contributed by atoms with Crippen molar-refractivity contribution in [2.75, 3.05) is 19.8 Å². The van der Waals surface area contributed by atoms with Crippen molar-refractivity contribution < 1.29 is 23.8 Å². The van der Waals surface area contributed by atoms with E-state index in [1.165, 1.54) is 77.0 Å². The monoisotopic (exact) mass is 913 g/mol. The van der Waals surface area contributed by atoms with Gasteiger partial charge in [-0.15, -0.1) is 0 Å². The predicted molar refractivity (Wildman–Crippen MR) is 288 cm³/mol. The van der Waals surface area contributed by atoms with Gasteiger partial charge in [-0.2, -0.15) is 0 Å². The van der Waals surface area contributed by atoms with Crippen molar-refractivity contribution >= 4 is 11.9 Å². The fraction of sp³-hybridized carbons (Fsp3) is 0.639. The van der Waals surface area contributed by atoms with Gasteiger partial charge in [-0.05, 0) is 122 Å². The third-order valence-corrected chi connectivity index (χ3v) is 11.0. The number of rotatable bonds is 48. The second kappa shape index (κ2) is 55.6. The summed E-state index contributed by atoms with van der Waals surface area (Å²) < 4.78 is 17.3. The Balaban J connectivity index is 4.42. The Hall–Kier alpha value is -3.70. The highest BCUT2D eigenvalue weighted by molar-refractivity contribution is 5.70. The van der Waals surface area contributed by atoms with Crippen LogP contribution in [0, 0.1) is 0 Å². The van der Waals surface area contributed by atoms with Gasteiger partial charge in [0.1, 0.15) is 6.61 Å². The predicted octanol–water partition coefficient (Wildman–Crippen LogP) is 18.6. The van der Waals surface area contributed by atoms with Crippen LogP contribution in [0.25, 0.3) is 0 Å². The molecule has 66 heavy (non-hydrogen) atoms. The van der Waals surface area contributed by atoms with Crippen LogP contribution in [0.2, 0.25) is 0 Å². The molecular formula is C61H100O5. The first kappa shape index (κ1) is 62.3. The van der Waals surface area contributed by atoms with Gasteiger partial charge in [-0.1, -0.05) is 213 Å². The number of carbonyl (C=O) groups is 2. The molecular weight excluding hydrogens is 813 g/mol. The molecule has 0 aliphatic carbocycles. The smallest absolute Gasteiger partial charge is 0.306 e.